The Morgan fingerprint density at radius 2 is 2.11 bits per heavy atom. The Labute approximate surface area is 78.6 Å². The first kappa shape index (κ1) is 8.83. The third-order valence-corrected chi connectivity index (χ3v) is 11.6. The van der Waals surface area contributed by atoms with E-state index in [0.717, 1.165) is 48.5 Å². The third kappa shape index (κ3) is 2.35. The molecule has 0 aromatic heterocycles. The van der Waals surface area contributed by atoms with Gasteiger partial charge in [0.1, 0.15) is 0 Å². The molecule has 0 saturated carbocycles. The summed E-state index contributed by atoms with van der Waals surface area (Å²) in [5.41, 5.74) is 0. The van der Waals surface area contributed by atoms with Crippen LogP contribution in [0.5, 0.6) is 0 Å². The van der Waals surface area contributed by atoms with E-state index in [-0.39, 0.29) is 0 Å². The number of hydrogen-bond donors (Lipinski definition) is 2. The van der Waals surface area contributed by atoms with E-state index < -0.39 is 0 Å². The fourth-order valence-corrected chi connectivity index (χ4v) is 13.9. The monoisotopic (exact) mass is 294 g/mol. The standard InChI is InChI=1S/C5H10S2Se2/c6-1-4-3-8-9-5(4)2-7/h4-7H,1-3H2. The number of hydrogen-bond acceptors (Lipinski definition) is 2. The van der Waals surface area contributed by atoms with E-state index >= 15 is 0 Å². The van der Waals surface area contributed by atoms with E-state index in [9.17, 15) is 0 Å². The Balaban J connectivity index is 2.32. The average molecular weight is 292 g/mol. The molecular weight excluding hydrogens is 282 g/mol. The Kier molecular flexibility index (Phi) is 4.50. The zero-order chi connectivity index (χ0) is 6.69. The first-order chi connectivity index (χ1) is 4.38. The molecule has 0 amide bonds. The van der Waals surface area contributed by atoms with Gasteiger partial charge in [-0.25, -0.2) is 0 Å². The maximum absolute atomic E-state index is 4.32. The minimum atomic E-state index is 0.922. The van der Waals surface area contributed by atoms with E-state index in [1.165, 1.54) is 5.32 Å². The van der Waals surface area contributed by atoms with Crippen molar-refractivity contribution in [1.82, 2.24) is 0 Å². The van der Waals surface area contributed by atoms with Crippen molar-refractivity contribution in [3.8, 4) is 0 Å². The molecule has 1 aliphatic rings. The van der Waals surface area contributed by atoms with Gasteiger partial charge in [0.05, 0.1) is 0 Å². The molecule has 2 unspecified atom stereocenters. The molecule has 0 spiro atoms. The summed E-state index contributed by atoms with van der Waals surface area (Å²) in [5, 5.41) is 1.47. The van der Waals surface area contributed by atoms with Crippen molar-refractivity contribution in [3.63, 3.8) is 0 Å². The molecule has 0 nitrogen and oxygen atoms in total. The van der Waals surface area contributed by atoms with Crippen LogP contribution in [0.15, 0.2) is 0 Å². The molecule has 54 valence electrons. The van der Waals surface area contributed by atoms with Crippen LogP contribution < -0.4 is 0 Å². The predicted molar refractivity (Wildman–Crippen MR) is 51.3 cm³/mol. The third-order valence-electron chi connectivity index (χ3n) is 1.41. The van der Waals surface area contributed by atoms with E-state index in [1.807, 2.05) is 0 Å². The van der Waals surface area contributed by atoms with Crippen molar-refractivity contribution in [2.45, 2.75) is 10.1 Å². The van der Waals surface area contributed by atoms with Crippen molar-refractivity contribution in [2.24, 2.45) is 5.92 Å². The Bertz CT molecular complexity index is 79.0. The van der Waals surface area contributed by atoms with Gasteiger partial charge in [-0.05, 0) is 0 Å². The molecule has 1 saturated heterocycles. The molecule has 1 heterocycles. The fourth-order valence-electron chi connectivity index (χ4n) is 0.750. The van der Waals surface area contributed by atoms with E-state index in [0.29, 0.717) is 0 Å². The summed E-state index contributed by atoms with van der Waals surface area (Å²) in [5.74, 6) is 3.12. The Hall–Kier alpha value is 1.74. The van der Waals surface area contributed by atoms with Crippen molar-refractivity contribution in [1.29, 1.82) is 0 Å². The first-order valence-electron chi connectivity index (χ1n) is 2.88. The maximum atomic E-state index is 4.32. The van der Waals surface area contributed by atoms with Gasteiger partial charge in [-0.1, -0.05) is 0 Å². The molecule has 4 heteroatoms. The molecule has 0 N–H and O–H groups in total. The summed E-state index contributed by atoms with van der Waals surface area (Å²) in [4.78, 5) is 0.957. The molecule has 0 radical (unpaired) electrons. The van der Waals surface area contributed by atoms with Crippen LogP contribution in [0.3, 0.4) is 0 Å². The van der Waals surface area contributed by atoms with Crippen LogP contribution >= 0.6 is 25.3 Å². The van der Waals surface area contributed by atoms with Gasteiger partial charge in [-0.3, -0.25) is 0 Å². The van der Waals surface area contributed by atoms with Gasteiger partial charge in [0.25, 0.3) is 0 Å². The van der Waals surface area contributed by atoms with Gasteiger partial charge in [0, 0.05) is 0 Å². The van der Waals surface area contributed by atoms with Crippen LogP contribution in [0.2, 0.25) is 10.1 Å². The zero-order valence-electron chi connectivity index (χ0n) is 4.99. The van der Waals surface area contributed by atoms with Crippen LogP contribution in [-0.4, -0.2) is 37.8 Å². The second-order valence-electron chi connectivity index (χ2n) is 2.04. The summed E-state index contributed by atoms with van der Waals surface area (Å²) < 4.78 is 0. The zero-order valence-corrected chi connectivity index (χ0v) is 10.2. The van der Waals surface area contributed by atoms with Gasteiger partial charge in [-0.15, -0.1) is 0 Å². The molecular formula is C5H10S2Se2. The van der Waals surface area contributed by atoms with Gasteiger partial charge in [0.2, 0.25) is 0 Å². The first-order valence-corrected chi connectivity index (χ1v) is 10.7. The molecule has 9 heavy (non-hydrogen) atoms. The van der Waals surface area contributed by atoms with E-state index in [4.69, 9.17) is 0 Å². The minimum absolute atomic E-state index is 0.922. The van der Waals surface area contributed by atoms with Crippen LogP contribution in [-0.2, 0) is 0 Å². The molecule has 0 aliphatic carbocycles. The topological polar surface area (TPSA) is 0 Å². The molecule has 0 aromatic carbocycles. The average Bonchev–Trinajstić information content (AvgIpc) is 2.33. The predicted octanol–water partition coefficient (Wildman–Crippen LogP) is 1.01. The van der Waals surface area contributed by atoms with Crippen LogP contribution in [0.1, 0.15) is 0 Å². The van der Waals surface area contributed by atoms with Gasteiger partial charge < -0.3 is 0 Å². The Morgan fingerprint density at radius 1 is 1.33 bits per heavy atom. The van der Waals surface area contributed by atoms with Gasteiger partial charge in [0.15, 0.2) is 0 Å². The summed E-state index contributed by atoms with van der Waals surface area (Å²) in [6, 6.07) is 0. The summed E-state index contributed by atoms with van der Waals surface area (Å²) in [6.45, 7) is 0. The SMILES string of the molecule is SCC1C[Se][Se]C1CS. The second-order valence-corrected chi connectivity index (χ2v) is 10.3. The fraction of sp³-hybridized carbons (Fsp3) is 1.00. The van der Waals surface area contributed by atoms with Crippen LogP contribution in [0, 0.1) is 5.92 Å². The van der Waals surface area contributed by atoms with Crippen molar-refractivity contribution >= 4 is 51.5 Å². The van der Waals surface area contributed by atoms with Crippen molar-refractivity contribution in [2.75, 3.05) is 11.5 Å². The number of thiol groups is 2. The van der Waals surface area contributed by atoms with Crippen molar-refractivity contribution in [3.05, 3.63) is 0 Å². The molecule has 0 aromatic rings. The van der Waals surface area contributed by atoms with E-state index in [1.54, 1.807) is 0 Å². The second kappa shape index (κ2) is 4.58. The van der Waals surface area contributed by atoms with Gasteiger partial charge in [-0.2, -0.15) is 0 Å². The normalized spacial score (nSPS) is 35.3. The molecule has 0 bridgehead atoms. The molecule has 1 rings (SSSR count). The number of rotatable bonds is 2. The molecule has 1 aliphatic heterocycles. The summed E-state index contributed by atoms with van der Waals surface area (Å²) in [6.07, 6.45) is 0. The molecule has 2 atom stereocenters. The van der Waals surface area contributed by atoms with Crippen LogP contribution in [0.25, 0.3) is 0 Å². The van der Waals surface area contributed by atoms with Crippen LogP contribution in [0.4, 0.5) is 0 Å². The van der Waals surface area contributed by atoms with E-state index in [2.05, 4.69) is 25.3 Å². The molecule has 1 fully saturated rings. The van der Waals surface area contributed by atoms with Crippen molar-refractivity contribution < 1.29 is 0 Å². The quantitative estimate of drug-likeness (QED) is 0.551. The summed E-state index contributed by atoms with van der Waals surface area (Å²) >= 11 is 10.6. The summed E-state index contributed by atoms with van der Waals surface area (Å²) in [7, 11) is 0. The van der Waals surface area contributed by atoms with Gasteiger partial charge >= 0.3 is 79.1 Å². The Morgan fingerprint density at radius 3 is 2.56 bits per heavy atom.